The average molecular weight is 248 g/mol. The van der Waals surface area contributed by atoms with Gasteiger partial charge in [0.25, 0.3) is 0 Å². The van der Waals surface area contributed by atoms with E-state index in [1.54, 1.807) is 0 Å². The molecular weight excluding hydrogens is 232 g/mol. The predicted molar refractivity (Wildman–Crippen MR) is 73.1 cm³/mol. The van der Waals surface area contributed by atoms with E-state index >= 15 is 0 Å². The van der Waals surface area contributed by atoms with Crippen LogP contribution in [0.3, 0.4) is 0 Å². The molecular formula is C12H16N4S. The Labute approximate surface area is 105 Å². The molecule has 3 rings (SSSR count). The van der Waals surface area contributed by atoms with Crippen molar-refractivity contribution in [2.45, 2.75) is 6.54 Å². The standard InChI is InChI=1S/C12H16N4S/c13-9-1-2-10-11(7-9)15-12(14-10)8-16-3-5-17-6-4-16/h1-2,7H,3-6,8,13H2,(H,14,15). The Morgan fingerprint density at radius 3 is 3.00 bits per heavy atom. The first-order valence-corrected chi connectivity index (χ1v) is 7.01. The third-order valence-corrected chi connectivity index (χ3v) is 3.97. The quantitative estimate of drug-likeness (QED) is 0.794. The van der Waals surface area contributed by atoms with Crippen LogP contribution in [-0.4, -0.2) is 39.5 Å². The van der Waals surface area contributed by atoms with E-state index in [0.717, 1.165) is 42.2 Å². The second kappa shape index (κ2) is 4.58. The number of nitrogen functional groups attached to an aromatic ring is 1. The molecule has 0 unspecified atom stereocenters. The van der Waals surface area contributed by atoms with Crippen LogP contribution in [0.2, 0.25) is 0 Å². The van der Waals surface area contributed by atoms with Gasteiger partial charge in [0.15, 0.2) is 0 Å². The Hall–Kier alpha value is -1.20. The Kier molecular flexibility index (Phi) is 2.94. The van der Waals surface area contributed by atoms with Gasteiger partial charge in [-0.3, -0.25) is 4.90 Å². The fourth-order valence-electron chi connectivity index (χ4n) is 2.13. The minimum absolute atomic E-state index is 0.780. The highest BCUT2D eigenvalue weighted by atomic mass is 32.2. The molecule has 0 spiro atoms. The van der Waals surface area contributed by atoms with Crippen LogP contribution in [0.4, 0.5) is 5.69 Å². The fraction of sp³-hybridized carbons (Fsp3) is 0.417. The van der Waals surface area contributed by atoms with E-state index in [-0.39, 0.29) is 0 Å². The average Bonchev–Trinajstić information content (AvgIpc) is 2.71. The summed E-state index contributed by atoms with van der Waals surface area (Å²) in [5.74, 6) is 3.50. The first kappa shape index (κ1) is 10.9. The van der Waals surface area contributed by atoms with E-state index in [1.165, 1.54) is 11.5 Å². The topological polar surface area (TPSA) is 57.9 Å². The summed E-state index contributed by atoms with van der Waals surface area (Å²) in [6.07, 6.45) is 0. The van der Waals surface area contributed by atoms with E-state index in [2.05, 4.69) is 14.9 Å². The van der Waals surface area contributed by atoms with E-state index < -0.39 is 0 Å². The molecule has 1 aliphatic heterocycles. The molecule has 1 aromatic carbocycles. The fourth-order valence-corrected chi connectivity index (χ4v) is 3.10. The van der Waals surface area contributed by atoms with Crippen molar-refractivity contribution in [1.82, 2.24) is 14.9 Å². The molecule has 5 heteroatoms. The monoisotopic (exact) mass is 248 g/mol. The lowest BCUT2D eigenvalue weighted by Crippen LogP contribution is -2.32. The van der Waals surface area contributed by atoms with Gasteiger partial charge in [-0.1, -0.05) is 0 Å². The number of fused-ring (bicyclic) bond motifs is 1. The van der Waals surface area contributed by atoms with Gasteiger partial charge < -0.3 is 10.7 Å². The third kappa shape index (κ3) is 2.40. The predicted octanol–water partition coefficient (Wildman–Crippen LogP) is 1.69. The summed E-state index contributed by atoms with van der Waals surface area (Å²) in [5, 5.41) is 0. The lowest BCUT2D eigenvalue weighted by atomic mass is 10.3. The van der Waals surface area contributed by atoms with Gasteiger partial charge in [0.05, 0.1) is 17.6 Å². The van der Waals surface area contributed by atoms with Gasteiger partial charge >= 0.3 is 0 Å². The van der Waals surface area contributed by atoms with Crippen molar-refractivity contribution in [1.29, 1.82) is 0 Å². The Morgan fingerprint density at radius 2 is 2.18 bits per heavy atom. The molecule has 1 saturated heterocycles. The smallest absolute Gasteiger partial charge is 0.121 e. The summed E-state index contributed by atoms with van der Waals surface area (Å²) in [7, 11) is 0. The SMILES string of the molecule is Nc1ccc2nc(CN3CCSCC3)[nH]c2c1. The summed E-state index contributed by atoms with van der Waals surface area (Å²) in [4.78, 5) is 10.4. The molecule has 0 bridgehead atoms. The highest BCUT2D eigenvalue weighted by Gasteiger charge is 2.12. The molecule has 0 amide bonds. The third-order valence-electron chi connectivity index (χ3n) is 3.03. The normalized spacial score (nSPS) is 17.6. The number of H-pyrrole nitrogens is 1. The van der Waals surface area contributed by atoms with E-state index in [0.29, 0.717) is 0 Å². The molecule has 1 aromatic heterocycles. The number of aromatic amines is 1. The van der Waals surface area contributed by atoms with Crippen molar-refractivity contribution >= 4 is 28.5 Å². The number of nitrogens with two attached hydrogens (primary N) is 1. The van der Waals surface area contributed by atoms with Crippen molar-refractivity contribution in [2.24, 2.45) is 0 Å². The van der Waals surface area contributed by atoms with Crippen LogP contribution < -0.4 is 5.73 Å². The van der Waals surface area contributed by atoms with Crippen molar-refractivity contribution < 1.29 is 0 Å². The van der Waals surface area contributed by atoms with E-state index in [4.69, 9.17) is 5.73 Å². The largest absolute Gasteiger partial charge is 0.399 e. The maximum Gasteiger partial charge on any atom is 0.121 e. The summed E-state index contributed by atoms with van der Waals surface area (Å²) >= 11 is 2.03. The molecule has 0 atom stereocenters. The van der Waals surface area contributed by atoms with Gasteiger partial charge in [0.2, 0.25) is 0 Å². The zero-order valence-corrected chi connectivity index (χ0v) is 10.5. The Balaban J connectivity index is 1.80. The lowest BCUT2D eigenvalue weighted by Gasteiger charge is -2.24. The number of rotatable bonds is 2. The molecule has 17 heavy (non-hydrogen) atoms. The van der Waals surface area contributed by atoms with Crippen LogP contribution in [0, 0.1) is 0 Å². The lowest BCUT2D eigenvalue weighted by molar-refractivity contribution is 0.288. The molecule has 2 heterocycles. The molecule has 0 radical (unpaired) electrons. The highest BCUT2D eigenvalue weighted by molar-refractivity contribution is 7.99. The van der Waals surface area contributed by atoms with Crippen LogP contribution in [0.1, 0.15) is 5.82 Å². The molecule has 90 valence electrons. The van der Waals surface area contributed by atoms with Crippen LogP contribution in [-0.2, 0) is 6.54 Å². The van der Waals surface area contributed by atoms with Crippen LogP contribution in [0.5, 0.6) is 0 Å². The maximum absolute atomic E-state index is 5.76. The number of imidazole rings is 1. The number of aromatic nitrogens is 2. The van der Waals surface area contributed by atoms with Crippen molar-refractivity contribution in [2.75, 3.05) is 30.3 Å². The van der Waals surface area contributed by atoms with Crippen LogP contribution >= 0.6 is 11.8 Å². The molecule has 0 saturated carbocycles. The number of hydrogen-bond acceptors (Lipinski definition) is 4. The van der Waals surface area contributed by atoms with Gasteiger partial charge in [-0.25, -0.2) is 4.98 Å². The van der Waals surface area contributed by atoms with Gasteiger partial charge in [-0.2, -0.15) is 11.8 Å². The highest BCUT2D eigenvalue weighted by Crippen LogP contribution is 2.17. The second-order valence-electron chi connectivity index (χ2n) is 4.35. The number of nitrogens with one attached hydrogen (secondary N) is 1. The summed E-state index contributed by atoms with van der Waals surface area (Å²) in [6.45, 7) is 3.23. The Morgan fingerprint density at radius 1 is 1.35 bits per heavy atom. The summed E-state index contributed by atoms with van der Waals surface area (Å²) in [5.41, 5.74) is 8.57. The molecule has 1 fully saturated rings. The van der Waals surface area contributed by atoms with E-state index in [9.17, 15) is 0 Å². The van der Waals surface area contributed by atoms with Crippen molar-refractivity contribution in [3.05, 3.63) is 24.0 Å². The van der Waals surface area contributed by atoms with Crippen LogP contribution in [0.15, 0.2) is 18.2 Å². The summed E-state index contributed by atoms with van der Waals surface area (Å²) in [6, 6.07) is 5.80. The van der Waals surface area contributed by atoms with Crippen molar-refractivity contribution in [3.8, 4) is 0 Å². The first-order chi connectivity index (χ1) is 8.31. The Bertz CT molecular complexity index is 516. The zero-order valence-electron chi connectivity index (χ0n) is 9.65. The van der Waals surface area contributed by atoms with Gasteiger partial charge in [0.1, 0.15) is 5.82 Å². The second-order valence-corrected chi connectivity index (χ2v) is 5.57. The van der Waals surface area contributed by atoms with Crippen molar-refractivity contribution in [3.63, 3.8) is 0 Å². The van der Waals surface area contributed by atoms with E-state index in [1.807, 2.05) is 30.0 Å². The summed E-state index contributed by atoms with van der Waals surface area (Å²) < 4.78 is 0. The molecule has 3 N–H and O–H groups in total. The first-order valence-electron chi connectivity index (χ1n) is 5.85. The minimum atomic E-state index is 0.780. The zero-order chi connectivity index (χ0) is 11.7. The number of thioether (sulfide) groups is 1. The molecule has 1 aliphatic rings. The van der Waals surface area contributed by atoms with Gasteiger partial charge in [-0.15, -0.1) is 0 Å². The number of nitrogens with zero attached hydrogens (tertiary/aromatic N) is 2. The number of anilines is 1. The molecule has 4 nitrogen and oxygen atoms in total. The number of hydrogen-bond donors (Lipinski definition) is 2. The van der Waals surface area contributed by atoms with Gasteiger partial charge in [-0.05, 0) is 18.2 Å². The van der Waals surface area contributed by atoms with Crippen LogP contribution in [0.25, 0.3) is 11.0 Å². The molecule has 0 aliphatic carbocycles. The maximum atomic E-state index is 5.76. The van der Waals surface area contributed by atoms with Gasteiger partial charge in [0, 0.05) is 30.3 Å². The molecule has 2 aromatic rings. The minimum Gasteiger partial charge on any atom is -0.399 e. The number of benzene rings is 1.